The molecule has 5 rings (SSSR count). The molecule has 3 aromatic rings. The maximum Gasteiger partial charge on any atom is 0.141 e. The van der Waals surface area contributed by atoms with E-state index in [0.29, 0.717) is 0 Å². The first-order valence-electron chi connectivity index (χ1n) is 10.2. The molecule has 2 aliphatic rings. The molecule has 0 spiro atoms. The van der Waals surface area contributed by atoms with Gasteiger partial charge in [-0.2, -0.15) is 0 Å². The van der Waals surface area contributed by atoms with Crippen molar-refractivity contribution < 1.29 is 4.74 Å². The van der Waals surface area contributed by atoms with Crippen LogP contribution in [0.15, 0.2) is 18.2 Å². The molecule has 1 aliphatic carbocycles. The van der Waals surface area contributed by atoms with Gasteiger partial charge >= 0.3 is 0 Å². The summed E-state index contributed by atoms with van der Waals surface area (Å²) in [6.45, 7) is 6.79. The zero-order valence-electron chi connectivity index (χ0n) is 16.9. The molecule has 1 aromatic carbocycles. The lowest BCUT2D eigenvalue weighted by Gasteiger charge is -2.36. The van der Waals surface area contributed by atoms with Crippen molar-refractivity contribution >= 4 is 39.0 Å². The number of ether oxygens (including phenoxy) is 1. The van der Waals surface area contributed by atoms with E-state index in [1.54, 1.807) is 7.11 Å². The number of fused-ring (bicyclic) bond motifs is 3. The fourth-order valence-electron chi connectivity index (χ4n) is 4.54. The fraction of sp³-hybridized carbons (Fsp3) is 0.455. The third kappa shape index (κ3) is 3.58. The highest BCUT2D eigenvalue weighted by molar-refractivity contribution is 7.19. The van der Waals surface area contributed by atoms with Crippen LogP contribution in [0.4, 0.5) is 5.82 Å². The van der Waals surface area contributed by atoms with Gasteiger partial charge in [0.1, 0.15) is 22.2 Å². The first kappa shape index (κ1) is 19.1. The van der Waals surface area contributed by atoms with Crippen LogP contribution < -0.4 is 9.64 Å². The molecule has 0 radical (unpaired) electrons. The number of thiophene rings is 1. The molecule has 0 amide bonds. The Bertz CT molecular complexity index is 1060. The number of rotatable bonds is 4. The van der Waals surface area contributed by atoms with Gasteiger partial charge in [-0.05, 0) is 49.9 Å². The van der Waals surface area contributed by atoms with Gasteiger partial charge in [-0.1, -0.05) is 11.6 Å². The summed E-state index contributed by atoms with van der Waals surface area (Å²) in [5.74, 6) is 2.92. The van der Waals surface area contributed by atoms with Crippen molar-refractivity contribution in [3.05, 3.63) is 45.1 Å². The molecule has 1 fully saturated rings. The molecule has 0 unspecified atom stereocenters. The van der Waals surface area contributed by atoms with E-state index < -0.39 is 0 Å². The summed E-state index contributed by atoms with van der Waals surface area (Å²) in [4.78, 5) is 17.2. The molecule has 0 bridgehead atoms. The molecule has 7 heteroatoms. The molecule has 152 valence electrons. The van der Waals surface area contributed by atoms with Crippen molar-refractivity contribution in [3.63, 3.8) is 0 Å². The number of methoxy groups -OCH3 is 1. The standard InChI is InChI=1S/C22H25ClN4OS/c1-14-24-21(20-17-4-3-5-19(17)29-22(20)25-14)27-10-8-26(9-11-27)13-15-12-16(23)6-7-18(15)28-2/h6-7,12H,3-5,8-11,13H2,1-2H3. The Hall–Kier alpha value is -1.89. The van der Waals surface area contributed by atoms with Crippen molar-refractivity contribution in [2.45, 2.75) is 32.7 Å². The van der Waals surface area contributed by atoms with Gasteiger partial charge in [0.15, 0.2) is 0 Å². The van der Waals surface area contributed by atoms with Crippen LogP contribution >= 0.6 is 22.9 Å². The maximum atomic E-state index is 6.21. The Balaban J connectivity index is 1.36. The highest BCUT2D eigenvalue weighted by atomic mass is 35.5. The average Bonchev–Trinajstić information content (AvgIpc) is 3.29. The molecule has 1 aliphatic heterocycles. The van der Waals surface area contributed by atoms with E-state index in [9.17, 15) is 0 Å². The van der Waals surface area contributed by atoms with Crippen LogP contribution in [0.1, 0.15) is 28.2 Å². The highest BCUT2D eigenvalue weighted by Crippen LogP contribution is 2.40. The van der Waals surface area contributed by atoms with Crippen molar-refractivity contribution in [3.8, 4) is 5.75 Å². The Morgan fingerprint density at radius 3 is 2.76 bits per heavy atom. The number of halogens is 1. The topological polar surface area (TPSA) is 41.5 Å². The quantitative estimate of drug-likeness (QED) is 0.613. The van der Waals surface area contributed by atoms with E-state index in [-0.39, 0.29) is 0 Å². The summed E-state index contributed by atoms with van der Waals surface area (Å²) >= 11 is 8.08. The summed E-state index contributed by atoms with van der Waals surface area (Å²) in [7, 11) is 1.71. The van der Waals surface area contributed by atoms with Gasteiger partial charge in [-0.3, -0.25) is 4.90 Å². The zero-order chi connectivity index (χ0) is 20.0. The molecule has 0 N–H and O–H groups in total. The maximum absolute atomic E-state index is 6.21. The third-order valence-electron chi connectivity index (χ3n) is 5.97. The number of nitrogens with zero attached hydrogens (tertiary/aromatic N) is 4. The molecule has 0 saturated carbocycles. The molecular formula is C22H25ClN4OS. The first-order chi connectivity index (χ1) is 14.1. The molecule has 1 saturated heterocycles. The number of anilines is 1. The summed E-state index contributed by atoms with van der Waals surface area (Å²) in [6.07, 6.45) is 3.63. The smallest absolute Gasteiger partial charge is 0.141 e. The highest BCUT2D eigenvalue weighted by Gasteiger charge is 2.26. The van der Waals surface area contributed by atoms with E-state index in [0.717, 1.165) is 60.7 Å². The van der Waals surface area contributed by atoms with Gasteiger partial charge in [0.2, 0.25) is 0 Å². The van der Waals surface area contributed by atoms with Gasteiger partial charge in [0, 0.05) is 48.2 Å². The number of hydrogen-bond acceptors (Lipinski definition) is 6. The predicted octanol–water partition coefficient (Wildman–Crippen LogP) is 4.47. The Labute approximate surface area is 180 Å². The molecule has 3 heterocycles. The van der Waals surface area contributed by atoms with Crippen LogP contribution in [0, 0.1) is 6.92 Å². The molecule has 29 heavy (non-hydrogen) atoms. The van der Waals surface area contributed by atoms with Crippen molar-refractivity contribution in [2.24, 2.45) is 0 Å². The Morgan fingerprint density at radius 1 is 1.14 bits per heavy atom. The monoisotopic (exact) mass is 428 g/mol. The normalized spacial score (nSPS) is 17.1. The molecule has 5 nitrogen and oxygen atoms in total. The number of benzene rings is 1. The molecule has 2 aromatic heterocycles. The average molecular weight is 429 g/mol. The van der Waals surface area contributed by atoms with Gasteiger partial charge in [-0.15, -0.1) is 11.3 Å². The van der Waals surface area contributed by atoms with Crippen LogP contribution in [0.25, 0.3) is 10.2 Å². The lowest BCUT2D eigenvalue weighted by atomic mass is 10.1. The largest absolute Gasteiger partial charge is 0.496 e. The van der Waals surface area contributed by atoms with Crippen molar-refractivity contribution in [1.29, 1.82) is 0 Å². The number of hydrogen-bond donors (Lipinski definition) is 0. The summed E-state index contributed by atoms with van der Waals surface area (Å²) in [5, 5.41) is 2.07. The van der Waals surface area contributed by atoms with E-state index in [1.807, 2.05) is 36.5 Å². The third-order valence-corrected chi connectivity index (χ3v) is 7.39. The summed E-state index contributed by atoms with van der Waals surface area (Å²) in [6, 6.07) is 5.84. The minimum Gasteiger partial charge on any atom is -0.496 e. The number of piperazine rings is 1. The second-order valence-corrected chi connectivity index (χ2v) is 9.37. The Kier molecular flexibility index (Phi) is 5.10. The van der Waals surface area contributed by atoms with E-state index >= 15 is 0 Å². The van der Waals surface area contributed by atoms with Crippen LogP contribution in [-0.2, 0) is 19.4 Å². The van der Waals surface area contributed by atoms with Crippen LogP contribution in [0.5, 0.6) is 5.75 Å². The summed E-state index contributed by atoms with van der Waals surface area (Å²) < 4.78 is 5.52. The lowest BCUT2D eigenvalue weighted by molar-refractivity contribution is 0.245. The van der Waals surface area contributed by atoms with Crippen molar-refractivity contribution in [2.75, 3.05) is 38.2 Å². The number of aryl methyl sites for hydroxylation is 3. The van der Waals surface area contributed by atoms with Gasteiger partial charge in [0.05, 0.1) is 12.5 Å². The lowest BCUT2D eigenvalue weighted by Crippen LogP contribution is -2.46. The van der Waals surface area contributed by atoms with Crippen LogP contribution in [-0.4, -0.2) is 48.2 Å². The zero-order valence-corrected chi connectivity index (χ0v) is 18.4. The minimum atomic E-state index is 0.754. The second kappa shape index (κ2) is 7.74. The first-order valence-corrected chi connectivity index (χ1v) is 11.4. The van der Waals surface area contributed by atoms with E-state index in [1.165, 1.54) is 39.9 Å². The number of aromatic nitrogens is 2. The van der Waals surface area contributed by atoms with Gasteiger partial charge in [-0.25, -0.2) is 9.97 Å². The van der Waals surface area contributed by atoms with E-state index in [4.69, 9.17) is 26.3 Å². The molecular weight excluding hydrogens is 404 g/mol. The second-order valence-electron chi connectivity index (χ2n) is 7.85. The van der Waals surface area contributed by atoms with E-state index in [2.05, 4.69) is 9.80 Å². The van der Waals surface area contributed by atoms with Crippen LogP contribution in [0.3, 0.4) is 0 Å². The van der Waals surface area contributed by atoms with Gasteiger partial charge in [0.25, 0.3) is 0 Å². The van der Waals surface area contributed by atoms with Gasteiger partial charge < -0.3 is 9.64 Å². The Morgan fingerprint density at radius 2 is 1.97 bits per heavy atom. The predicted molar refractivity (Wildman–Crippen MR) is 120 cm³/mol. The van der Waals surface area contributed by atoms with Crippen LogP contribution in [0.2, 0.25) is 5.02 Å². The SMILES string of the molecule is COc1ccc(Cl)cc1CN1CCN(c2nc(C)nc3sc4c(c23)CCC4)CC1. The minimum absolute atomic E-state index is 0.754. The summed E-state index contributed by atoms with van der Waals surface area (Å²) in [5.41, 5.74) is 2.65. The van der Waals surface area contributed by atoms with Crippen molar-refractivity contribution in [1.82, 2.24) is 14.9 Å². The fourth-order valence-corrected chi connectivity index (χ4v) is 6.03. The molecule has 0 atom stereocenters.